The molecule has 0 unspecified atom stereocenters. The van der Waals surface area contributed by atoms with Gasteiger partial charge in [0, 0.05) is 6.92 Å². The van der Waals surface area contributed by atoms with E-state index in [0.29, 0.717) is 5.89 Å². The molecule has 2 aromatic rings. The molecule has 17 heavy (non-hydrogen) atoms. The van der Waals surface area contributed by atoms with Crippen LogP contribution in [0.5, 0.6) is 0 Å². The van der Waals surface area contributed by atoms with Crippen LogP contribution in [0, 0.1) is 18.3 Å². The van der Waals surface area contributed by atoms with E-state index in [1.165, 1.54) is 0 Å². The van der Waals surface area contributed by atoms with Crippen LogP contribution in [0.4, 0.5) is 5.88 Å². The van der Waals surface area contributed by atoms with Gasteiger partial charge >= 0.3 is 0 Å². The third-order valence-corrected chi connectivity index (χ3v) is 2.02. The topological polar surface area (TPSA) is 74.2 Å². The van der Waals surface area contributed by atoms with Crippen molar-refractivity contribution in [1.82, 2.24) is 4.98 Å². The molecule has 2 rings (SSSR count). The number of benzene rings is 1. The molecule has 0 saturated heterocycles. The van der Waals surface area contributed by atoms with E-state index in [9.17, 15) is 0 Å². The fourth-order valence-electron chi connectivity index (χ4n) is 1.28. The Morgan fingerprint density at radius 2 is 2.18 bits per heavy atom. The van der Waals surface area contributed by atoms with E-state index in [1.807, 2.05) is 36.4 Å². The molecule has 0 aliphatic heterocycles. The summed E-state index contributed by atoms with van der Waals surface area (Å²) >= 11 is 0. The molecule has 1 aromatic carbocycles. The van der Waals surface area contributed by atoms with Crippen LogP contribution in [0.2, 0.25) is 0 Å². The molecular weight excluding hydrogens is 216 g/mol. The molecule has 0 radical (unpaired) electrons. The zero-order chi connectivity index (χ0) is 12.1. The number of aryl methyl sites for hydroxylation is 1. The third-order valence-electron chi connectivity index (χ3n) is 2.02. The summed E-state index contributed by atoms with van der Waals surface area (Å²) < 4.78 is 5.18. The van der Waals surface area contributed by atoms with Gasteiger partial charge < -0.3 is 4.42 Å². The number of nitrogens with one attached hydrogen (secondary N) is 1. The lowest BCUT2D eigenvalue weighted by Gasteiger charge is -1.94. The first-order valence-corrected chi connectivity index (χ1v) is 5.01. The Hall–Kier alpha value is -2.61. The summed E-state index contributed by atoms with van der Waals surface area (Å²) in [5, 5.41) is 12.8. The SMILES string of the molecule is Cc1nc(C#N)c(NN=Cc2ccccc2)o1. The van der Waals surface area contributed by atoms with Crippen molar-refractivity contribution in [3.05, 3.63) is 47.5 Å². The number of oxazole rings is 1. The van der Waals surface area contributed by atoms with Crippen molar-refractivity contribution in [2.24, 2.45) is 5.10 Å². The standard InChI is InChI=1S/C12H10N4O/c1-9-15-11(7-13)12(17-9)16-14-8-10-5-3-2-4-6-10/h2-6,8,16H,1H3. The van der Waals surface area contributed by atoms with E-state index in [1.54, 1.807) is 13.1 Å². The largest absolute Gasteiger partial charge is 0.422 e. The zero-order valence-corrected chi connectivity index (χ0v) is 9.21. The lowest BCUT2D eigenvalue weighted by atomic mass is 10.2. The molecule has 1 N–H and O–H groups in total. The van der Waals surface area contributed by atoms with E-state index in [4.69, 9.17) is 9.68 Å². The number of nitriles is 1. The molecule has 0 amide bonds. The van der Waals surface area contributed by atoms with Crippen molar-refractivity contribution >= 4 is 12.1 Å². The van der Waals surface area contributed by atoms with Crippen LogP contribution in [-0.4, -0.2) is 11.2 Å². The van der Waals surface area contributed by atoms with E-state index in [-0.39, 0.29) is 11.6 Å². The Morgan fingerprint density at radius 1 is 1.41 bits per heavy atom. The van der Waals surface area contributed by atoms with Crippen LogP contribution in [0.25, 0.3) is 0 Å². The first kappa shape index (κ1) is 10.9. The van der Waals surface area contributed by atoms with Gasteiger partial charge in [0.15, 0.2) is 5.89 Å². The maximum Gasteiger partial charge on any atom is 0.252 e. The molecule has 0 spiro atoms. The minimum absolute atomic E-state index is 0.202. The minimum Gasteiger partial charge on any atom is -0.422 e. The number of rotatable bonds is 3. The van der Waals surface area contributed by atoms with E-state index in [2.05, 4.69) is 15.5 Å². The summed E-state index contributed by atoms with van der Waals surface area (Å²) in [5.41, 5.74) is 3.81. The molecule has 0 aliphatic carbocycles. The quantitative estimate of drug-likeness (QED) is 0.643. The van der Waals surface area contributed by atoms with Gasteiger partial charge in [0.05, 0.1) is 6.21 Å². The number of hydrogen-bond acceptors (Lipinski definition) is 5. The van der Waals surface area contributed by atoms with Gasteiger partial charge in [-0.05, 0) is 5.56 Å². The molecular formula is C12H10N4O. The highest BCUT2D eigenvalue weighted by molar-refractivity contribution is 5.79. The summed E-state index contributed by atoms with van der Waals surface area (Å²) in [6.45, 7) is 1.67. The van der Waals surface area contributed by atoms with Gasteiger partial charge in [-0.1, -0.05) is 30.3 Å². The molecule has 1 aromatic heterocycles. The molecule has 5 heteroatoms. The van der Waals surface area contributed by atoms with Gasteiger partial charge in [0.2, 0.25) is 5.69 Å². The summed E-state index contributed by atoms with van der Waals surface area (Å²) in [6, 6.07) is 11.5. The second-order valence-corrected chi connectivity index (χ2v) is 3.30. The van der Waals surface area contributed by atoms with Crippen LogP contribution in [-0.2, 0) is 0 Å². The number of hydrogen-bond donors (Lipinski definition) is 1. The van der Waals surface area contributed by atoms with E-state index >= 15 is 0 Å². The fourth-order valence-corrected chi connectivity index (χ4v) is 1.28. The average Bonchev–Trinajstić information content (AvgIpc) is 2.71. The molecule has 1 heterocycles. The van der Waals surface area contributed by atoms with Crippen LogP contribution < -0.4 is 5.43 Å². The summed E-state index contributed by atoms with van der Waals surface area (Å²) in [6.07, 6.45) is 1.64. The lowest BCUT2D eigenvalue weighted by Crippen LogP contribution is -1.91. The maximum atomic E-state index is 8.78. The molecule has 0 atom stereocenters. The number of anilines is 1. The van der Waals surface area contributed by atoms with E-state index in [0.717, 1.165) is 5.56 Å². The van der Waals surface area contributed by atoms with Crippen molar-refractivity contribution in [1.29, 1.82) is 5.26 Å². The smallest absolute Gasteiger partial charge is 0.252 e. The van der Waals surface area contributed by atoms with Crippen molar-refractivity contribution in [3.8, 4) is 6.07 Å². The minimum atomic E-state index is 0.202. The van der Waals surface area contributed by atoms with Crippen molar-refractivity contribution < 1.29 is 4.42 Å². The Balaban J connectivity index is 2.08. The zero-order valence-electron chi connectivity index (χ0n) is 9.21. The van der Waals surface area contributed by atoms with Crippen LogP contribution in [0.3, 0.4) is 0 Å². The number of aromatic nitrogens is 1. The van der Waals surface area contributed by atoms with Crippen molar-refractivity contribution in [2.45, 2.75) is 6.92 Å². The fraction of sp³-hybridized carbons (Fsp3) is 0.0833. The molecule has 0 bridgehead atoms. The molecule has 84 valence electrons. The highest BCUT2D eigenvalue weighted by Gasteiger charge is 2.08. The Morgan fingerprint density at radius 3 is 2.88 bits per heavy atom. The maximum absolute atomic E-state index is 8.78. The predicted molar refractivity (Wildman–Crippen MR) is 63.6 cm³/mol. The average molecular weight is 226 g/mol. The van der Waals surface area contributed by atoms with Gasteiger partial charge in [0.1, 0.15) is 6.07 Å². The highest BCUT2D eigenvalue weighted by Crippen LogP contribution is 2.15. The van der Waals surface area contributed by atoms with Gasteiger partial charge in [-0.3, -0.25) is 0 Å². The summed E-state index contributed by atoms with van der Waals surface area (Å²) in [5.74, 6) is 0.691. The lowest BCUT2D eigenvalue weighted by molar-refractivity contribution is 0.533. The number of nitrogens with zero attached hydrogens (tertiary/aromatic N) is 3. The van der Waals surface area contributed by atoms with Gasteiger partial charge in [-0.15, -0.1) is 0 Å². The molecule has 5 nitrogen and oxygen atoms in total. The second-order valence-electron chi connectivity index (χ2n) is 3.30. The first-order valence-electron chi connectivity index (χ1n) is 5.01. The monoisotopic (exact) mass is 226 g/mol. The predicted octanol–water partition coefficient (Wildman–Crippen LogP) is 2.30. The Kier molecular flexibility index (Phi) is 3.17. The Bertz CT molecular complexity index is 566. The molecule has 0 saturated carbocycles. The van der Waals surface area contributed by atoms with Crippen LogP contribution >= 0.6 is 0 Å². The highest BCUT2D eigenvalue weighted by atomic mass is 16.4. The van der Waals surface area contributed by atoms with E-state index < -0.39 is 0 Å². The van der Waals surface area contributed by atoms with Gasteiger partial charge in [-0.2, -0.15) is 10.4 Å². The van der Waals surface area contributed by atoms with Crippen molar-refractivity contribution in [2.75, 3.05) is 5.43 Å². The van der Waals surface area contributed by atoms with Gasteiger partial charge in [0.25, 0.3) is 5.88 Å². The molecule has 0 aliphatic rings. The molecule has 0 fully saturated rings. The van der Waals surface area contributed by atoms with Gasteiger partial charge in [-0.25, -0.2) is 10.4 Å². The summed E-state index contributed by atoms with van der Waals surface area (Å²) in [4.78, 5) is 3.89. The third kappa shape index (κ3) is 2.69. The normalized spacial score (nSPS) is 10.4. The second kappa shape index (κ2) is 4.94. The first-order chi connectivity index (χ1) is 8.29. The number of hydrazone groups is 1. The Labute approximate surface area is 98.4 Å². The van der Waals surface area contributed by atoms with Crippen LogP contribution in [0.1, 0.15) is 17.1 Å². The van der Waals surface area contributed by atoms with Crippen molar-refractivity contribution in [3.63, 3.8) is 0 Å². The van der Waals surface area contributed by atoms with Crippen LogP contribution in [0.15, 0.2) is 39.9 Å². The summed E-state index contributed by atoms with van der Waals surface area (Å²) in [7, 11) is 0.